The van der Waals surface area contributed by atoms with E-state index < -0.39 is 21.9 Å². The zero-order valence-electron chi connectivity index (χ0n) is 9.42. The Morgan fingerprint density at radius 1 is 0.833 bits per heavy atom. The summed E-state index contributed by atoms with van der Waals surface area (Å²) in [5, 5.41) is 0. The molecule has 10 aliphatic heterocycles. The Labute approximate surface area is 93.2 Å². The zero-order valence-corrected chi connectivity index (χ0v) is 12.3. The molecule has 10 saturated heterocycles. The summed E-state index contributed by atoms with van der Waals surface area (Å²) in [4.78, 5) is 3.96. The third-order valence-corrected chi connectivity index (χ3v) is 70.6. The van der Waals surface area contributed by atoms with Crippen LogP contribution in [0.4, 0.5) is 0 Å². The molecule has 0 radical (unpaired) electrons. The SMILES string of the molecule is C[C]12[CH]3[CH]4[C]5(P(=O)=O)[CH]1[Fe]34251678[CH]2[CH]1[CH]6[C]7(P(=O)=O)[CH]28. The van der Waals surface area contributed by atoms with Crippen molar-refractivity contribution in [2.24, 2.45) is 0 Å². The van der Waals surface area contributed by atoms with Crippen molar-refractivity contribution in [3.8, 4) is 0 Å². The van der Waals surface area contributed by atoms with Gasteiger partial charge in [-0.3, -0.25) is 0 Å². The van der Waals surface area contributed by atoms with Gasteiger partial charge in [0, 0.05) is 0 Å². The fraction of sp³-hybridized carbons (Fsp3) is 1.00. The topological polar surface area (TPSA) is 68.3 Å². The molecule has 0 aromatic rings. The second-order valence-corrected chi connectivity index (χ2v) is 37.1. The molecule has 0 bridgehead atoms. The van der Waals surface area contributed by atoms with E-state index in [0.29, 0.717) is 38.0 Å². The van der Waals surface area contributed by atoms with Crippen LogP contribution in [-0.2, 0) is 24.8 Å². The molecule has 0 aliphatic carbocycles. The average Bonchev–Trinajstić information content (AvgIpc) is 3.21. The van der Waals surface area contributed by atoms with Crippen LogP contribution in [0.1, 0.15) is 6.92 Å². The van der Waals surface area contributed by atoms with E-state index >= 15 is 0 Å². The van der Waals surface area contributed by atoms with Gasteiger partial charge in [0.2, 0.25) is 0 Å². The van der Waals surface area contributed by atoms with Crippen LogP contribution in [-0.4, -0.2) is 8.11 Å². The fourth-order valence-corrected chi connectivity index (χ4v) is 119. The molecule has 10 fully saturated rings. The van der Waals surface area contributed by atoms with Crippen LogP contribution in [0, 0.1) is 0 Å². The summed E-state index contributed by atoms with van der Waals surface area (Å²) in [6, 6.07) is 0. The van der Waals surface area contributed by atoms with Gasteiger partial charge in [-0.05, 0) is 0 Å². The van der Waals surface area contributed by atoms with E-state index in [1.54, 1.807) is 0 Å². The normalized spacial score (nSPS) is 121. The van der Waals surface area contributed by atoms with Gasteiger partial charge in [-0.15, -0.1) is 0 Å². The molecule has 0 N–H and O–H groups in total. The van der Waals surface area contributed by atoms with Crippen LogP contribution in [0.15, 0.2) is 0 Å². The van der Waals surface area contributed by atoms with Crippen LogP contribution in [0.3, 0.4) is 0 Å². The molecule has 9 atom stereocenters. The van der Waals surface area contributed by atoms with Crippen molar-refractivity contribution < 1.29 is 24.8 Å². The van der Waals surface area contributed by atoms with E-state index in [4.69, 9.17) is 0 Å². The summed E-state index contributed by atoms with van der Waals surface area (Å²) < 4.78 is 48.2. The number of hydrogen-bond acceptors (Lipinski definition) is 4. The molecule has 0 aromatic heterocycles. The summed E-state index contributed by atoms with van der Waals surface area (Å²) in [7, 11) is -4.75. The average molecular weight is 324 g/mol. The van der Waals surface area contributed by atoms with E-state index in [1.165, 1.54) is 0 Å². The standard InChI is InChI=1S/C6H6O2P.C5H4O2P.Fe/c1-5-2-3-6(4-5)9(7)8;6-8(7)5-3-1-2-4-5;/h2-4H,1H3;1-4H;. The summed E-state index contributed by atoms with van der Waals surface area (Å²) in [6.45, 7) is -1.91. The molecule has 0 aromatic carbocycles. The molecular weight excluding hydrogens is 314 g/mol. The molecule has 10 rings (SSSR count). The third kappa shape index (κ3) is 0.0606. The number of hydrogen-bond donors (Lipinski definition) is 0. The first-order chi connectivity index (χ1) is 8.20. The Kier molecular flexibility index (Phi) is 0.231. The molecule has 10 heterocycles. The Hall–Kier alpha value is 0.319. The molecule has 9 unspecified atom stereocenters. The monoisotopic (exact) mass is 324 g/mol. The molecule has 1 spiro atoms. The first-order valence-corrected chi connectivity index (χ1v) is 15.2. The minimum atomic E-state index is -4.26. The molecule has 4 nitrogen and oxygen atoms in total. The van der Waals surface area contributed by atoms with Crippen molar-refractivity contribution >= 4 is 15.4 Å². The van der Waals surface area contributed by atoms with Crippen LogP contribution < -0.4 is 0 Å². The predicted octanol–water partition coefficient (Wildman–Crippen LogP) is 3.93. The van der Waals surface area contributed by atoms with Crippen molar-refractivity contribution in [3.05, 3.63) is 0 Å². The van der Waals surface area contributed by atoms with Gasteiger partial charge in [0.25, 0.3) is 0 Å². The number of rotatable bonds is 2. The molecule has 96 valence electrons. The van der Waals surface area contributed by atoms with E-state index in [0.717, 1.165) is 0 Å². The second-order valence-electron chi connectivity index (χ2n) is 10.7. The van der Waals surface area contributed by atoms with Crippen LogP contribution >= 0.6 is 15.4 Å². The minimum absolute atomic E-state index is 0.314. The Morgan fingerprint density at radius 3 is 1.56 bits per heavy atom. The first-order valence-electron chi connectivity index (χ1n) is 6.70. The maximum absolute atomic E-state index is 12.1. The maximum atomic E-state index is 12.1. The zero-order chi connectivity index (χ0) is 12.0. The molecular formula is C11H10FeO4P2. The molecule has 7 heteroatoms. The van der Waals surface area contributed by atoms with Crippen LogP contribution in [0.25, 0.3) is 0 Å². The van der Waals surface area contributed by atoms with Gasteiger partial charge >= 0.3 is 93.2 Å². The molecule has 10 aliphatic rings. The van der Waals surface area contributed by atoms with Gasteiger partial charge in [-0.2, -0.15) is 0 Å². The summed E-state index contributed by atoms with van der Waals surface area (Å²) >= 11 is 0. The van der Waals surface area contributed by atoms with Crippen molar-refractivity contribution in [1.82, 2.24) is 0 Å². The van der Waals surface area contributed by atoms with Gasteiger partial charge in [0.15, 0.2) is 0 Å². The van der Waals surface area contributed by atoms with Gasteiger partial charge < -0.3 is 0 Å². The van der Waals surface area contributed by atoms with Crippen molar-refractivity contribution in [2.45, 2.75) is 53.1 Å². The van der Waals surface area contributed by atoms with E-state index in [1.807, 2.05) is 0 Å². The second kappa shape index (κ2) is 0.565. The van der Waals surface area contributed by atoms with Crippen molar-refractivity contribution in [2.75, 3.05) is 0 Å². The summed E-state index contributed by atoms with van der Waals surface area (Å²) in [5.41, 5.74) is 0. The van der Waals surface area contributed by atoms with E-state index in [9.17, 15) is 18.3 Å². The van der Waals surface area contributed by atoms with Crippen molar-refractivity contribution in [3.63, 3.8) is 0 Å². The third-order valence-electron chi connectivity index (χ3n) is 16.0. The Bertz CT molecular complexity index is 1270. The van der Waals surface area contributed by atoms with Crippen LogP contribution in [0.2, 0.25) is 38.0 Å². The molecule has 18 heavy (non-hydrogen) atoms. The van der Waals surface area contributed by atoms with Gasteiger partial charge in [0.1, 0.15) is 0 Å². The van der Waals surface area contributed by atoms with E-state index in [-0.39, 0.29) is 8.11 Å². The first kappa shape index (κ1) is 7.36. The summed E-state index contributed by atoms with van der Waals surface area (Å²) in [6.07, 6.45) is 0. The van der Waals surface area contributed by atoms with Gasteiger partial charge in [-0.25, -0.2) is 0 Å². The Balaban J connectivity index is 1.83. The molecule has 0 amide bonds. The Morgan fingerprint density at radius 2 is 1.39 bits per heavy atom. The van der Waals surface area contributed by atoms with Gasteiger partial charge in [0.05, 0.1) is 0 Å². The number of fused-ring (bicyclic) bond motifs is 10. The fourth-order valence-electron chi connectivity index (χ4n) is 18.8. The molecule has 0 saturated carbocycles. The predicted molar refractivity (Wildman–Crippen MR) is 56.7 cm³/mol. The van der Waals surface area contributed by atoms with Gasteiger partial charge in [-0.1, -0.05) is 0 Å². The quantitative estimate of drug-likeness (QED) is 0.570. The van der Waals surface area contributed by atoms with E-state index in [2.05, 4.69) is 6.92 Å². The van der Waals surface area contributed by atoms with Crippen molar-refractivity contribution in [1.29, 1.82) is 0 Å². The summed E-state index contributed by atoms with van der Waals surface area (Å²) in [5.74, 6) is 0. The van der Waals surface area contributed by atoms with Crippen LogP contribution in [0.5, 0.6) is 0 Å².